The van der Waals surface area contributed by atoms with Crippen LogP contribution >= 0.6 is 11.6 Å². The van der Waals surface area contributed by atoms with E-state index >= 15 is 0 Å². The Morgan fingerprint density at radius 1 is 1.40 bits per heavy atom. The summed E-state index contributed by atoms with van der Waals surface area (Å²) in [5.74, 6) is 0.465. The van der Waals surface area contributed by atoms with Crippen LogP contribution in [0.5, 0.6) is 5.88 Å². The molecule has 104 valence electrons. The van der Waals surface area contributed by atoms with Gasteiger partial charge in [-0.15, -0.1) is 0 Å². The summed E-state index contributed by atoms with van der Waals surface area (Å²) in [5, 5.41) is 5.85. The topological polar surface area (TPSA) is 83.8 Å². The Morgan fingerprint density at radius 2 is 2.15 bits per heavy atom. The second kappa shape index (κ2) is 5.53. The summed E-state index contributed by atoms with van der Waals surface area (Å²) in [5.41, 5.74) is 8.90. The van der Waals surface area contributed by atoms with Crippen molar-refractivity contribution in [1.82, 2.24) is 9.97 Å². The molecule has 0 saturated heterocycles. The molecule has 0 aliphatic carbocycles. The van der Waals surface area contributed by atoms with Crippen molar-refractivity contribution in [2.45, 2.75) is 25.8 Å². The second-order valence-corrected chi connectivity index (χ2v) is 4.94. The Bertz CT molecular complexity index is 698. The van der Waals surface area contributed by atoms with Gasteiger partial charge in [-0.1, -0.05) is 23.6 Å². The van der Waals surface area contributed by atoms with Gasteiger partial charge in [0.15, 0.2) is 0 Å². The van der Waals surface area contributed by atoms with Crippen molar-refractivity contribution in [3.63, 3.8) is 0 Å². The predicted octanol–water partition coefficient (Wildman–Crippen LogP) is 4.23. The van der Waals surface area contributed by atoms with Gasteiger partial charge in [0.05, 0.1) is 18.0 Å². The van der Waals surface area contributed by atoms with Crippen LogP contribution in [0.4, 0.5) is 0 Å². The van der Waals surface area contributed by atoms with Crippen molar-refractivity contribution < 1.29 is 4.74 Å². The summed E-state index contributed by atoms with van der Waals surface area (Å²) in [4.78, 5) is 11.3. The molecule has 0 N–H and O–H groups in total. The maximum Gasteiger partial charge on any atom is 0.222 e. The molecule has 2 rings (SSSR count). The third-order valence-corrected chi connectivity index (χ3v) is 3.64. The fourth-order valence-electron chi connectivity index (χ4n) is 2.09. The number of fused-ring (bicyclic) bond motifs is 1. The number of aromatic nitrogens is 2. The van der Waals surface area contributed by atoms with Crippen LogP contribution in [0.3, 0.4) is 0 Å². The maximum atomic E-state index is 8.80. The predicted molar refractivity (Wildman–Crippen MR) is 77.9 cm³/mol. The lowest BCUT2D eigenvalue weighted by Crippen LogP contribution is -2.18. The summed E-state index contributed by atoms with van der Waals surface area (Å²) in [6, 6.07) is 1.73. The monoisotopic (exact) mass is 291 g/mol. The molecule has 0 aromatic carbocycles. The van der Waals surface area contributed by atoms with E-state index in [4.69, 9.17) is 21.9 Å². The van der Waals surface area contributed by atoms with E-state index in [0.717, 1.165) is 16.3 Å². The lowest BCUT2D eigenvalue weighted by molar-refractivity contribution is 0.401. The van der Waals surface area contributed by atoms with E-state index in [-0.39, 0.29) is 0 Å². The zero-order chi connectivity index (χ0) is 14.8. The Labute approximate surface area is 121 Å². The third kappa shape index (κ3) is 2.35. The molecule has 1 atom stereocenters. The van der Waals surface area contributed by atoms with Crippen molar-refractivity contribution in [3.05, 3.63) is 39.6 Å². The number of hydrogen-bond acceptors (Lipinski definition) is 4. The molecule has 2 heterocycles. The minimum Gasteiger partial charge on any atom is -0.481 e. The first-order chi connectivity index (χ1) is 9.55. The molecule has 0 saturated carbocycles. The molecule has 2 aromatic rings. The molecule has 0 spiro atoms. The largest absolute Gasteiger partial charge is 0.481 e. The zero-order valence-corrected chi connectivity index (χ0v) is 12.2. The van der Waals surface area contributed by atoms with Crippen molar-refractivity contribution in [2.75, 3.05) is 7.11 Å². The maximum absolute atomic E-state index is 8.80. The molecule has 2 aromatic heterocycles. The molecule has 0 radical (unpaired) electrons. The Morgan fingerprint density at radius 3 is 2.75 bits per heavy atom. The molecular weight excluding hydrogens is 278 g/mol. The number of azide groups is 1. The summed E-state index contributed by atoms with van der Waals surface area (Å²) < 4.78 is 5.23. The first kappa shape index (κ1) is 14.4. The van der Waals surface area contributed by atoms with E-state index in [9.17, 15) is 0 Å². The van der Waals surface area contributed by atoms with Crippen LogP contribution in [0.15, 0.2) is 23.6 Å². The van der Waals surface area contributed by atoms with Crippen LogP contribution in [-0.4, -0.2) is 17.1 Å². The first-order valence-electron chi connectivity index (χ1n) is 6.10. The molecule has 0 amide bonds. The van der Waals surface area contributed by atoms with Crippen molar-refractivity contribution in [1.29, 1.82) is 0 Å². The number of methoxy groups -OCH3 is 1. The van der Waals surface area contributed by atoms with Gasteiger partial charge in [-0.2, -0.15) is 0 Å². The molecule has 0 aliphatic heterocycles. The highest BCUT2D eigenvalue weighted by Crippen LogP contribution is 2.37. The molecule has 0 aliphatic rings. The van der Waals surface area contributed by atoms with E-state index < -0.39 is 5.54 Å². The molecular formula is C13H14ClN5O. The van der Waals surface area contributed by atoms with Gasteiger partial charge in [0, 0.05) is 17.3 Å². The fourth-order valence-corrected chi connectivity index (χ4v) is 2.25. The van der Waals surface area contributed by atoms with Gasteiger partial charge in [-0.25, -0.2) is 9.97 Å². The standard InChI is InChI=1S/C13H14ClN5O/c1-4-13(2,18-19-15)10-7-17-12(20-3)9-6-16-11(14)5-8(9)10/h5-7H,4H2,1-3H3. The lowest BCUT2D eigenvalue weighted by Gasteiger charge is -2.24. The van der Waals surface area contributed by atoms with Gasteiger partial charge in [0.1, 0.15) is 5.15 Å². The first-order valence-corrected chi connectivity index (χ1v) is 6.48. The second-order valence-electron chi connectivity index (χ2n) is 4.55. The van der Waals surface area contributed by atoms with Crippen LogP contribution < -0.4 is 4.74 Å². The van der Waals surface area contributed by atoms with E-state index in [0.29, 0.717) is 17.5 Å². The number of ether oxygens (including phenoxy) is 1. The van der Waals surface area contributed by atoms with Crippen molar-refractivity contribution >= 4 is 22.4 Å². The Hall–Kier alpha value is -2.04. The highest BCUT2D eigenvalue weighted by molar-refractivity contribution is 6.30. The Kier molecular flexibility index (Phi) is 3.97. The van der Waals surface area contributed by atoms with Gasteiger partial charge < -0.3 is 4.74 Å². The fraction of sp³-hybridized carbons (Fsp3) is 0.385. The smallest absolute Gasteiger partial charge is 0.222 e. The van der Waals surface area contributed by atoms with Crippen molar-refractivity contribution in [3.8, 4) is 5.88 Å². The SMILES string of the molecule is CCC(C)(N=[N+]=[N-])c1cnc(OC)c2cnc(Cl)cc12. The molecule has 1 unspecified atom stereocenters. The van der Waals surface area contributed by atoms with Crippen LogP contribution in [0.25, 0.3) is 21.2 Å². The molecule has 0 fully saturated rings. The normalized spacial score (nSPS) is 13.6. The third-order valence-electron chi connectivity index (χ3n) is 3.43. The molecule has 6 nitrogen and oxygen atoms in total. The van der Waals surface area contributed by atoms with E-state index in [1.165, 1.54) is 0 Å². The van der Waals surface area contributed by atoms with Gasteiger partial charge >= 0.3 is 0 Å². The van der Waals surface area contributed by atoms with Crippen LogP contribution in [0.2, 0.25) is 5.15 Å². The molecule has 7 heteroatoms. The summed E-state index contributed by atoms with van der Waals surface area (Å²) in [6.07, 6.45) is 3.91. The molecule has 20 heavy (non-hydrogen) atoms. The summed E-state index contributed by atoms with van der Waals surface area (Å²) >= 11 is 5.98. The average Bonchev–Trinajstić information content (AvgIpc) is 2.45. The highest BCUT2D eigenvalue weighted by atomic mass is 35.5. The number of rotatable bonds is 4. The summed E-state index contributed by atoms with van der Waals surface area (Å²) in [7, 11) is 1.54. The minimum atomic E-state index is -0.697. The Balaban J connectivity index is 2.83. The van der Waals surface area contributed by atoms with Gasteiger partial charge in [-0.05, 0) is 35.9 Å². The van der Waals surface area contributed by atoms with Crippen molar-refractivity contribution in [2.24, 2.45) is 5.11 Å². The van der Waals surface area contributed by atoms with Crippen LogP contribution in [-0.2, 0) is 5.54 Å². The minimum absolute atomic E-state index is 0.367. The summed E-state index contributed by atoms with van der Waals surface area (Å²) in [6.45, 7) is 3.82. The van der Waals surface area contributed by atoms with Gasteiger partial charge in [-0.3, -0.25) is 0 Å². The number of hydrogen-bond donors (Lipinski definition) is 0. The number of halogens is 1. The number of nitrogens with zero attached hydrogens (tertiary/aromatic N) is 5. The van der Waals surface area contributed by atoms with Crippen LogP contribution in [0, 0.1) is 0 Å². The average molecular weight is 292 g/mol. The van der Waals surface area contributed by atoms with E-state index in [1.54, 1.807) is 25.6 Å². The van der Waals surface area contributed by atoms with Gasteiger partial charge in [0.2, 0.25) is 5.88 Å². The van der Waals surface area contributed by atoms with Gasteiger partial charge in [0.25, 0.3) is 0 Å². The zero-order valence-electron chi connectivity index (χ0n) is 11.5. The lowest BCUT2D eigenvalue weighted by atomic mass is 9.88. The number of pyridine rings is 2. The van der Waals surface area contributed by atoms with Crippen LogP contribution in [0.1, 0.15) is 25.8 Å². The molecule has 0 bridgehead atoms. The van der Waals surface area contributed by atoms with E-state index in [1.807, 2.05) is 13.8 Å². The quantitative estimate of drug-likeness (QED) is 0.366. The van der Waals surface area contributed by atoms with E-state index in [2.05, 4.69) is 20.0 Å². The highest BCUT2D eigenvalue weighted by Gasteiger charge is 2.27.